The maximum atomic E-state index is 12.5. The number of piperidine rings is 1. The maximum absolute atomic E-state index is 12.5. The summed E-state index contributed by atoms with van der Waals surface area (Å²) in [6.45, 7) is 1.32. The number of nitrogens with zero attached hydrogens (tertiary/aromatic N) is 1. The zero-order valence-electron chi connectivity index (χ0n) is 11.8. The third-order valence-electron chi connectivity index (χ3n) is 4.59. The lowest BCUT2D eigenvalue weighted by molar-refractivity contribution is -0.136. The maximum Gasteiger partial charge on any atom is 0.226 e. The molecule has 2 unspecified atom stereocenters. The van der Waals surface area contributed by atoms with E-state index >= 15 is 0 Å². The second-order valence-electron chi connectivity index (χ2n) is 6.01. The van der Waals surface area contributed by atoms with Crippen LogP contribution in [0, 0.1) is 11.8 Å². The number of rotatable bonds is 3. The molecule has 1 aromatic rings. The molecule has 4 nitrogen and oxygen atoms in total. The van der Waals surface area contributed by atoms with E-state index in [0.717, 1.165) is 10.9 Å². The van der Waals surface area contributed by atoms with E-state index in [1.54, 1.807) is 0 Å². The van der Waals surface area contributed by atoms with Crippen molar-refractivity contribution < 1.29 is 9.59 Å². The molecule has 0 spiro atoms. The molecule has 0 bridgehead atoms. The van der Waals surface area contributed by atoms with Gasteiger partial charge in [0, 0.05) is 29.4 Å². The Bertz CT molecular complexity index is 567. The predicted octanol–water partition coefficient (Wildman–Crippen LogP) is 2.28. The molecule has 21 heavy (non-hydrogen) atoms. The lowest BCUT2D eigenvalue weighted by Crippen LogP contribution is -2.42. The molecule has 2 fully saturated rings. The van der Waals surface area contributed by atoms with Gasteiger partial charge in [-0.15, -0.1) is 0 Å². The van der Waals surface area contributed by atoms with E-state index in [1.165, 1.54) is 5.56 Å². The van der Waals surface area contributed by atoms with Crippen LogP contribution in [0.25, 0.3) is 0 Å². The molecule has 0 radical (unpaired) electrons. The van der Waals surface area contributed by atoms with Gasteiger partial charge in [0.1, 0.15) is 0 Å². The third kappa shape index (κ3) is 3.12. The molecule has 0 aromatic heterocycles. The van der Waals surface area contributed by atoms with Crippen molar-refractivity contribution in [2.75, 3.05) is 13.1 Å². The molecule has 1 aliphatic heterocycles. The summed E-state index contributed by atoms with van der Waals surface area (Å²) in [5.41, 5.74) is 6.56. The highest BCUT2D eigenvalue weighted by molar-refractivity contribution is 9.10. The van der Waals surface area contributed by atoms with Crippen LogP contribution < -0.4 is 5.73 Å². The van der Waals surface area contributed by atoms with Crippen molar-refractivity contribution in [2.45, 2.75) is 25.2 Å². The van der Waals surface area contributed by atoms with E-state index < -0.39 is 0 Å². The molecule has 2 aliphatic rings. The van der Waals surface area contributed by atoms with Crippen molar-refractivity contribution in [2.24, 2.45) is 17.6 Å². The monoisotopic (exact) mass is 350 g/mol. The first kappa shape index (κ1) is 14.6. The third-order valence-corrected chi connectivity index (χ3v) is 5.09. The Balaban J connectivity index is 1.57. The van der Waals surface area contributed by atoms with Gasteiger partial charge in [-0.25, -0.2) is 0 Å². The average Bonchev–Trinajstić information content (AvgIpc) is 3.27. The quantitative estimate of drug-likeness (QED) is 0.908. The number of benzene rings is 1. The number of hydrogen-bond donors (Lipinski definition) is 1. The van der Waals surface area contributed by atoms with Crippen molar-refractivity contribution in [1.29, 1.82) is 0 Å². The molecule has 1 heterocycles. The molecule has 112 valence electrons. The van der Waals surface area contributed by atoms with Gasteiger partial charge in [0.05, 0.1) is 0 Å². The molecule has 1 aliphatic carbocycles. The second-order valence-corrected chi connectivity index (χ2v) is 6.92. The standard InChI is InChI=1S/C16H19BrN2O2/c17-12-3-1-2-11(8-12)13-9-14(13)16(21)19-6-4-10(5-7-19)15(18)20/h1-3,8,10,13-14H,4-7,9H2,(H2,18,20). The van der Waals surface area contributed by atoms with Crippen LogP contribution in [-0.2, 0) is 9.59 Å². The van der Waals surface area contributed by atoms with Crippen LogP contribution in [0.1, 0.15) is 30.7 Å². The normalized spacial score (nSPS) is 25.7. The van der Waals surface area contributed by atoms with Gasteiger partial charge in [-0.2, -0.15) is 0 Å². The lowest BCUT2D eigenvalue weighted by atomic mass is 9.96. The number of likely N-dealkylation sites (tertiary alicyclic amines) is 1. The van der Waals surface area contributed by atoms with E-state index in [1.807, 2.05) is 17.0 Å². The highest BCUT2D eigenvalue weighted by Crippen LogP contribution is 2.49. The first-order valence-corrected chi connectivity index (χ1v) is 8.19. The molecule has 1 saturated heterocycles. The van der Waals surface area contributed by atoms with E-state index in [4.69, 9.17) is 5.73 Å². The minimum absolute atomic E-state index is 0.0610. The molecular weight excluding hydrogens is 332 g/mol. The number of carbonyl (C=O) groups is 2. The first-order chi connectivity index (χ1) is 10.1. The second kappa shape index (κ2) is 5.79. The topological polar surface area (TPSA) is 63.4 Å². The van der Waals surface area contributed by atoms with E-state index in [-0.39, 0.29) is 23.7 Å². The predicted molar refractivity (Wildman–Crippen MR) is 83.5 cm³/mol. The van der Waals surface area contributed by atoms with Crippen molar-refractivity contribution in [3.05, 3.63) is 34.3 Å². The molecule has 2 N–H and O–H groups in total. The molecule has 1 saturated carbocycles. The highest BCUT2D eigenvalue weighted by Gasteiger charge is 2.46. The fourth-order valence-corrected chi connectivity index (χ4v) is 3.61. The molecule has 2 atom stereocenters. The van der Waals surface area contributed by atoms with Crippen molar-refractivity contribution >= 4 is 27.7 Å². The van der Waals surface area contributed by atoms with Gasteiger partial charge < -0.3 is 10.6 Å². The van der Waals surface area contributed by atoms with Crippen molar-refractivity contribution in [3.63, 3.8) is 0 Å². The largest absolute Gasteiger partial charge is 0.369 e. The Hall–Kier alpha value is -1.36. The summed E-state index contributed by atoms with van der Waals surface area (Å²) in [5.74, 6) is 0.408. The van der Waals surface area contributed by atoms with Gasteiger partial charge >= 0.3 is 0 Å². The van der Waals surface area contributed by atoms with Crippen LogP contribution in [-0.4, -0.2) is 29.8 Å². The van der Waals surface area contributed by atoms with E-state index in [0.29, 0.717) is 31.8 Å². The van der Waals surface area contributed by atoms with E-state index in [2.05, 4.69) is 28.1 Å². The molecule has 3 rings (SSSR count). The Kier molecular flexibility index (Phi) is 4.02. The van der Waals surface area contributed by atoms with Crippen LogP contribution >= 0.6 is 15.9 Å². The van der Waals surface area contributed by atoms with Gasteiger partial charge in [0.15, 0.2) is 0 Å². The molecular formula is C16H19BrN2O2. The van der Waals surface area contributed by atoms with Crippen LogP contribution in [0.5, 0.6) is 0 Å². The van der Waals surface area contributed by atoms with Crippen molar-refractivity contribution in [1.82, 2.24) is 4.90 Å². The molecule has 2 amide bonds. The van der Waals surface area contributed by atoms with Gasteiger partial charge in [0.2, 0.25) is 11.8 Å². The fourth-order valence-electron chi connectivity index (χ4n) is 3.19. The summed E-state index contributed by atoms with van der Waals surface area (Å²) in [5, 5.41) is 0. The average molecular weight is 351 g/mol. The summed E-state index contributed by atoms with van der Waals surface area (Å²) >= 11 is 3.47. The smallest absolute Gasteiger partial charge is 0.226 e. The fraction of sp³-hybridized carbons (Fsp3) is 0.500. The summed E-state index contributed by atoms with van der Waals surface area (Å²) in [7, 11) is 0. The highest BCUT2D eigenvalue weighted by atomic mass is 79.9. The Labute approximate surface area is 132 Å². The van der Waals surface area contributed by atoms with Crippen molar-refractivity contribution in [3.8, 4) is 0 Å². The Morgan fingerprint density at radius 3 is 2.57 bits per heavy atom. The molecule has 5 heteroatoms. The minimum Gasteiger partial charge on any atom is -0.369 e. The zero-order chi connectivity index (χ0) is 15.0. The van der Waals surface area contributed by atoms with Gasteiger partial charge in [0.25, 0.3) is 0 Å². The van der Waals surface area contributed by atoms with Crippen LogP contribution in [0.2, 0.25) is 0 Å². The first-order valence-electron chi connectivity index (χ1n) is 7.40. The van der Waals surface area contributed by atoms with Gasteiger partial charge in [-0.05, 0) is 42.9 Å². The Morgan fingerprint density at radius 2 is 1.95 bits per heavy atom. The van der Waals surface area contributed by atoms with Gasteiger partial charge in [-0.1, -0.05) is 28.1 Å². The summed E-state index contributed by atoms with van der Waals surface area (Å²) < 4.78 is 1.06. The summed E-state index contributed by atoms with van der Waals surface area (Å²) in [4.78, 5) is 25.6. The minimum atomic E-state index is -0.236. The Morgan fingerprint density at radius 1 is 1.24 bits per heavy atom. The zero-order valence-corrected chi connectivity index (χ0v) is 13.4. The number of hydrogen-bond acceptors (Lipinski definition) is 2. The summed E-state index contributed by atoms with van der Waals surface area (Å²) in [6.07, 6.45) is 2.34. The van der Waals surface area contributed by atoms with Crippen LogP contribution in [0.4, 0.5) is 0 Å². The number of primary amides is 1. The number of nitrogens with two attached hydrogens (primary N) is 1. The number of amides is 2. The molecule has 1 aromatic carbocycles. The number of carbonyl (C=O) groups excluding carboxylic acids is 2. The van der Waals surface area contributed by atoms with Crippen LogP contribution in [0.15, 0.2) is 28.7 Å². The number of halogens is 1. The van der Waals surface area contributed by atoms with E-state index in [9.17, 15) is 9.59 Å². The van der Waals surface area contributed by atoms with Gasteiger partial charge in [-0.3, -0.25) is 9.59 Å². The lowest BCUT2D eigenvalue weighted by Gasteiger charge is -2.30. The van der Waals surface area contributed by atoms with Crippen LogP contribution in [0.3, 0.4) is 0 Å². The summed E-state index contributed by atoms with van der Waals surface area (Å²) in [6, 6.07) is 8.19. The SMILES string of the molecule is NC(=O)C1CCN(C(=O)C2CC2c2cccc(Br)c2)CC1.